The molecule has 72 valence electrons. The van der Waals surface area contributed by atoms with Crippen molar-refractivity contribution in [2.24, 2.45) is 5.73 Å². The van der Waals surface area contributed by atoms with Gasteiger partial charge in [-0.1, -0.05) is 24.3 Å². The van der Waals surface area contributed by atoms with Crippen LogP contribution in [-0.2, 0) is 5.54 Å². The zero-order valence-electron chi connectivity index (χ0n) is 8.25. The average Bonchev–Trinajstić information content (AvgIpc) is 2.04. The van der Waals surface area contributed by atoms with Crippen molar-refractivity contribution in [1.29, 1.82) is 0 Å². The fourth-order valence-electron chi connectivity index (χ4n) is 1.58. The van der Waals surface area contributed by atoms with Crippen LogP contribution in [-0.4, -0.2) is 11.7 Å². The van der Waals surface area contributed by atoms with Crippen molar-refractivity contribution in [3.05, 3.63) is 35.4 Å². The summed E-state index contributed by atoms with van der Waals surface area (Å²) in [4.78, 5) is 0. The smallest absolute Gasteiger partial charge is 0.0451 e. The largest absolute Gasteiger partial charge is 0.396 e. The molecule has 0 fully saturated rings. The maximum atomic E-state index is 8.87. The second-order valence-corrected chi connectivity index (χ2v) is 3.71. The maximum Gasteiger partial charge on any atom is 0.0451 e. The van der Waals surface area contributed by atoms with Crippen LogP contribution in [0.25, 0.3) is 0 Å². The van der Waals surface area contributed by atoms with Crippen LogP contribution in [0.5, 0.6) is 0 Å². The number of aryl methyl sites for hydroxylation is 1. The van der Waals surface area contributed by atoms with Gasteiger partial charge in [0.05, 0.1) is 0 Å². The highest BCUT2D eigenvalue weighted by Crippen LogP contribution is 2.23. The minimum atomic E-state index is -0.417. The van der Waals surface area contributed by atoms with Crippen molar-refractivity contribution in [2.45, 2.75) is 25.8 Å². The van der Waals surface area contributed by atoms with Crippen molar-refractivity contribution in [1.82, 2.24) is 0 Å². The number of aliphatic hydroxyl groups excluding tert-OH is 1. The minimum absolute atomic E-state index is 0.126. The number of nitrogens with two attached hydrogens (primary N) is 1. The van der Waals surface area contributed by atoms with Gasteiger partial charge < -0.3 is 10.8 Å². The van der Waals surface area contributed by atoms with Crippen LogP contribution in [0.2, 0.25) is 0 Å². The van der Waals surface area contributed by atoms with Crippen LogP contribution in [0.4, 0.5) is 0 Å². The molecule has 0 heterocycles. The minimum Gasteiger partial charge on any atom is -0.396 e. The molecule has 1 rings (SSSR count). The number of rotatable bonds is 3. The van der Waals surface area contributed by atoms with Gasteiger partial charge in [0.2, 0.25) is 0 Å². The van der Waals surface area contributed by atoms with Gasteiger partial charge in [0, 0.05) is 12.1 Å². The van der Waals surface area contributed by atoms with Crippen molar-refractivity contribution >= 4 is 0 Å². The summed E-state index contributed by atoms with van der Waals surface area (Å²) in [6.45, 7) is 4.12. The summed E-state index contributed by atoms with van der Waals surface area (Å²) in [6.07, 6.45) is 0.595. The lowest BCUT2D eigenvalue weighted by Crippen LogP contribution is -2.34. The topological polar surface area (TPSA) is 46.2 Å². The molecule has 1 atom stereocenters. The lowest BCUT2D eigenvalue weighted by atomic mass is 9.87. The molecule has 0 unspecified atom stereocenters. The summed E-state index contributed by atoms with van der Waals surface area (Å²) in [5, 5.41) is 8.87. The Hall–Kier alpha value is -0.860. The van der Waals surface area contributed by atoms with E-state index in [9.17, 15) is 0 Å². The first-order valence-corrected chi connectivity index (χ1v) is 4.54. The lowest BCUT2D eigenvalue weighted by Gasteiger charge is -2.26. The molecule has 0 amide bonds. The molecule has 0 aliphatic carbocycles. The third kappa shape index (κ3) is 2.29. The van der Waals surface area contributed by atoms with Gasteiger partial charge in [0.25, 0.3) is 0 Å². The maximum absolute atomic E-state index is 8.87. The molecule has 2 heteroatoms. The molecule has 13 heavy (non-hydrogen) atoms. The zero-order valence-corrected chi connectivity index (χ0v) is 8.25. The van der Waals surface area contributed by atoms with E-state index in [1.54, 1.807) is 0 Å². The normalized spacial score (nSPS) is 15.4. The van der Waals surface area contributed by atoms with Gasteiger partial charge in [-0.05, 0) is 31.4 Å². The molecule has 0 aromatic heterocycles. The van der Waals surface area contributed by atoms with E-state index in [0.29, 0.717) is 6.42 Å². The second kappa shape index (κ2) is 3.90. The fourth-order valence-corrected chi connectivity index (χ4v) is 1.58. The van der Waals surface area contributed by atoms with Crippen molar-refractivity contribution in [3.8, 4) is 0 Å². The molecule has 0 radical (unpaired) electrons. The van der Waals surface area contributed by atoms with E-state index in [-0.39, 0.29) is 6.61 Å². The van der Waals surface area contributed by atoms with Crippen LogP contribution in [0.3, 0.4) is 0 Å². The molecule has 0 aliphatic heterocycles. The Kier molecular flexibility index (Phi) is 3.07. The van der Waals surface area contributed by atoms with Gasteiger partial charge in [-0.2, -0.15) is 0 Å². The fraction of sp³-hybridized carbons (Fsp3) is 0.455. The van der Waals surface area contributed by atoms with Crippen LogP contribution in [0.15, 0.2) is 24.3 Å². The van der Waals surface area contributed by atoms with Crippen LogP contribution in [0.1, 0.15) is 24.5 Å². The standard InChI is InChI=1S/C11H17NO/c1-9-5-3-4-6-10(9)11(2,12)7-8-13/h3-6,13H,7-8,12H2,1-2H3/t11-/m0/s1. The summed E-state index contributed by atoms with van der Waals surface area (Å²) in [5.41, 5.74) is 7.97. The van der Waals surface area contributed by atoms with E-state index in [4.69, 9.17) is 10.8 Å². The Labute approximate surface area is 79.4 Å². The Balaban J connectivity index is 2.99. The first kappa shape index (κ1) is 10.2. The summed E-state index contributed by atoms with van der Waals surface area (Å²) in [5.74, 6) is 0. The lowest BCUT2D eigenvalue weighted by molar-refractivity contribution is 0.247. The SMILES string of the molecule is Cc1ccccc1[C@@](C)(N)CCO. The average molecular weight is 179 g/mol. The van der Waals surface area contributed by atoms with E-state index in [0.717, 1.165) is 5.56 Å². The Bertz CT molecular complexity index is 281. The van der Waals surface area contributed by atoms with Gasteiger partial charge in [0.15, 0.2) is 0 Å². The summed E-state index contributed by atoms with van der Waals surface area (Å²) >= 11 is 0. The van der Waals surface area contributed by atoms with Gasteiger partial charge in [0.1, 0.15) is 0 Å². The molecule has 2 nitrogen and oxygen atoms in total. The zero-order chi connectivity index (χ0) is 9.90. The first-order valence-electron chi connectivity index (χ1n) is 4.54. The van der Waals surface area contributed by atoms with Crippen LogP contribution < -0.4 is 5.73 Å². The Morgan fingerprint density at radius 2 is 2.00 bits per heavy atom. The predicted molar refractivity (Wildman–Crippen MR) is 54.4 cm³/mol. The highest BCUT2D eigenvalue weighted by Gasteiger charge is 2.21. The molecule has 3 N–H and O–H groups in total. The van der Waals surface area contributed by atoms with Gasteiger partial charge in [-0.25, -0.2) is 0 Å². The highest BCUT2D eigenvalue weighted by atomic mass is 16.3. The molecule has 1 aromatic carbocycles. The third-order valence-corrected chi connectivity index (χ3v) is 2.39. The Morgan fingerprint density at radius 3 is 2.54 bits per heavy atom. The molecule has 0 aliphatic rings. The molecular formula is C11H17NO. The number of benzene rings is 1. The molecule has 0 saturated carbocycles. The molecular weight excluding hydrogens is 162 g/mol. The van der Waals surface area contributed by atoms with Crippen LogP contribution in [0, 0.1) is 6.92 Å². The number of hydrogen-bond donors (Lipinski definition) is 2. The molecule has 1 aromatic rings. The third-order valence-electron chi connectivity index (χ3n) is 2.39. The monoisotopic (exact) mass is 179 g/mol. The van der Waals surface area contributed by atoms with E-state index in [1.807, 2.05) is 38.1 Å². The second-order valence-electron chi connectivity index (χ2n) is 3.71. The van der Waals surface area contributed by atoms with Crippen LogP contribution >= 0.6 is 0 Å². The van der Waals surface area contributed by atoms with Gasteiger partial charge in [-0.3, -0.25) is 0 Å². The molecule has 0 saturated heterocycles. The summed E-state index contributed by atoms with van der Waals surface area (Å²) < 4.78 is 0. The molecule has 0 spiro atoms. The van der Waals surface area contributed by atoms with E-state index < -0.39 is 5.54 Å². The van der Waals surface area contributed by atoms with E-state index >= 15 is 0 Å². The first-order chi connectivity index (χ1) is 6.08. The van der Waals surface area contributed by atoms with Gasteiger partial charge in [-0.15, -0.1) is 0 Å². The summed E-state index contributed by atoms with van der Waals surface area (Å²) in [7, 11) is 0. The van der Waals surface area contributed by atoms with Crippen molar-refractivity contribution in [2.75, 3.05) is 6.61 Å². The Morgan fingerprint density at radius 1 is 1.38 bits per heavy atom. The summed E-state index contributed by atoms with van der Waals surface area (Å²) in [6, 6.07) is 8.03. The van der Waals surface area contributed by atoms with Crippen molar-refractivity contribution < 1.29 is 5.11 Å². The van der Waals surface area contributed by atoms with Gasteiger partial charge >= 0.3 is 0 Å². The van der Waals surface area contributed by atoms with Crippen molar-refractivity contribution in [3.63, 3.8) is 0 Å². The van der Waals surface area contributed by atoms with E-state index in [1.165, 1.54) is 5.56 Å². The number of hydrogen-bond acceptors (Lipinski definition) is 2. The predicted octanol–water partition coefficient (Wildman–Crippen LogP) is 1.55. The quantitative estimate of drug-likeness (QED) is 0.739. The highest BCUT2D eigenvalue weighted by molar-refractivity contribution is 5.31. The number of aliphatic hydroxyl groups is 1. The van der Waals surface area contributed by atoms with E-state index in [2.05, 4.69) is 0 Å². The molecule has 0 bridgehead atoms.